The Hall–Kier alpha value is -0.340. The van der Waals surface area contributed by atoms with Crippen molar-refractivity contribution in [3.8, 4) is 0 Å². The van der Waals surface area contributed by atoms with Crippen molar-refractivity contribution in [1.82, 2.24) is 0 Å². The zero-order valence-electron chi connectivity index (χ0n) is 7.88. The maximum atomic E-state index is 9.66. The molecule has 0 heterocycles. The Labute approximate surface area is 73.9 Å². The highest BCUT2D eigenvalue weighted by molar-refractivity contribution is 5.02. The molecule has 2 nitrogen and oxygen atoms in total. The molecule has 0 saturated heterocycles. The van der Waals surface area contributed by atoms with Gasteiger partial charge in [-0.1, -0.05) is 12.2 Å². The van der Waals surface area contributed by atoms with E-state index in [1.165, 1.54) is 0 Å². The van der Waals surface area contributed by atoms with Crippen LogP contribution in [-0.2, 0) is 0 Å². The standard InChI is InChI=1S/C10H18O2/c1-7(2)8-4-5-10(3,12)9(11)6-8/h8-9,11-12H,1,4-6H2,2-3H3/t8-,9-,10?/m0/s1. The van der Waals surface area contributed by atoms with Crippen molar-refractivity contribution in [1.29, 1.82) is 0 Å². The van der Waals surface area contributed by atoms with E-state index in [0.29, 0.717) is 18.8 Å². The fraction of sp³-hybridized carbons (Fsp3) is 0.800. The summed E-state index contributed by atoms with van der Waals surface area (Å²) in [4.78, 5) is 0. The highest BCUT2D eigenvalue weighted by Crippen LogP contribution is 2.34. The van der Waals surface area contributed by atoms with Crippen molar-refractivity contribution in [2.45, 2.75) is 44.8 Å². The van der Waals surface area contributed by atoms with E-state index < -0.39 is 11.7 Å². The highest BCUT2D eigenvalue weighted by Gasteiger charge is 2.37. The molecule has 1 fully saturated rings. The lowest BCUT2D eigenvalue weighted by molar-refractivity contribution is -0.0952. The first-order chi connectivity index (χ1) is 5.43. The summed E-state index contributed by atoms with van der Waals surface area (Å²) in [5.74, 6) is 0.389. The van der Waals surface area contributed by atoms with Crippen LogP contribution in [-0.4, -0.2) is 21.9 Å². The maximum absolute atomic E-state index is 9.66. The van der Waals surface area contributed by atoms with Crippen LogP contribution < -0.4 is 0 Å². The summed E-state index contributed by atoms with van der Waals surface area (Å²) in [6, 6.07) is 0. The average molecular weight is 170 g/mol. The molecular formula is C10H18O2. The van der Waals surface area contributed by atoms with Crippen molar-refractivity contribution < 1.29 is 10.2 Å². The molecule has 0 aromatic rings. The van der Waals surface area contributed by atoms with Crippen molar-refractivity contribution in [2.75, 3.05) is 0 Å². The molecule has 0 amide bonds. The molecule has 0 aromatic heterocycles. The van der Waals surface area contributed by atoms with Gasteiger partial charge in [0.2, 0.25) is 0 Å². The minimum Gasteiger partial charge on any atom is -0.390 e. The smallest absolute Gasteiger partial charge is 0.0877 e. The summed E-state index contributed by atoms with van der Waals surface area (Å²) in [6.07, 6.45) is 1.68. The van der Waals surface area contributed by atoms with E-state index in [1.54, 1.807) is 6.92 Å². The average Bonchev–Trinajstić information content (AvgIpc) is 1.94. The van der Waals surface area contributed by atoms with Crippen molar-refractivity contribution >= 4 is 0 Å². The number of hydrogen-bond donors (Lipinski definition) is 2. The Morgan fingerprint density at radius 2 is 2.17 bits per heavy atom. The first kappa shape index (κ1) is 9.75. The van der Waals surface area contributed by atoms with Gasteiger partial charge in [-0.05, 0) is 39.0 Å². The molecule has 0 bridgehead atoms. The largest absolute Gasteiger partial charge is 0.390 e. The number of rotatable bonds is 1. The minimum atomic E-state index is -0.883. The molecule has 0 radical (unpaired) electrons. The zero-order valence-corrected chi connectivity index (χ0v) is 7.88. The number of aliphatic hydroxyl groups excluding tert-OH is 1. The molecule has 1 rings (SSSR count). The second kappa shape index (κ2) is 3.19. The van der Waals surface area contributed by atoms with E-state index in [-0.39, 0.29) is 0 Å². The molecular weight excluding hydrogens is 152 g/mol. The van der Waals surface area contributed by atoms with Crippen LogP contribution in [0, 0.1) is 5.92 Å². The van der Waals surface area contributed by atoms with Gasteiger partial charge in [0.05, 0.1) is 11.7 Å². The van der Waals surface area contributed by atoms with Crippen LogP contribution in [0.2, 0.25) is 0 Å². The van der Waals surface area contributed by atoms with E-state index in [1.807, 2.05) is 6.92 Å². The van der Waals surface area contributed by atoms with Crippen molar-refractivity contribution in [3.05, 3.63) is 12.2 Å². The van der Waals surface area contributed by atoms with Gasteiger partial charge in [0.15, 0.2) is 0 Å². The fourth-order valence-electron chi connectivity index (χ4n) is 1.72. The Balaban J connectivity index is 2.58. The Morgan fingerprint density at radius 1 is 1.58 bits per heavy atom. The predicted octanol–water partition coefficient (Wildman–Crippen LogP) is 1.47. The first-order valence-electron chi connectivity index (χ1n) is 4.49. The lowest BCUT2D eigenvalue weighted by Crippen LogP contribution is -2.44. The van der Waals surface area contributed by atoms with E-state index >= 15 is 0 Å². The maximum Gasteiger partial charge on any atom is 0.0877 e. The van der Waals surface area contributed by atoms with Gasteiger partial charge in [-0.25, -0.2) is 0 Å². The molecule has 0 aromatic carbocycles. The van der Waals surface area contributed by atoms with Gasteiger partial charge >= 0.3 is 0 Å². The summed E-state index contributed by atoms with van der Waals surface area (Å²) < 4.78 is 0. The lowest BCUT2D eigenvalue weighted by atomic mass is 9.75. The van der Waals surface area contributed by atoms with Crippen LogP contribution in [0.25, 0.3) is 0 Å². The van der Waals surface area contributed by atoms with Crippen LogP contribution in [0.15, 0.2) is 12.2 Å². The molecule has 70 valence electrons. The monoisotopic (exact) mass is 170 g/mol. The van der Waals surface area contributed by atoms with Crippen LogP contribution in [0.3, 0.4) is 0 Å². The van der Waals surface area contributed by atoms with Gasteiger partial charge in [0.1, 0.15) is 0 Å². The fourth-order valence-corrected chi connectivity index (χ4v) is 1.72. The zero-order chi connectivity index (χ0) is 9.35. The molecule has 1 saturated carbocycles. The van der Waals surface area contributed by atoms with E-state index in [9.17, 15) is 10.2 Å². The molecule has 1 aliphatic rings. The second-order valence-electron chi connectivity index (χ2n) is 4.19. The van der Waals surface area contributed by atoms with Gasteiger partial charge in [0, 0.05) is 0 Å². The third kappa shape index (κ3) is 1.87. The van der Waals surface area contributed by atoms with Crippen molar-refractivity contribution in [2.24, 2.45) is 5.92 Å². The molecule has 1 unspecified atom stereocenters. The van der Waals surface area contributed by atoms with Crippen LogP contribution >= 0.6 is 0 Å². The number of allylic oxidation sites excluding steroid dienone is 1. The summed E-state index contributed by atoms with van der Waals surface area (Å²) >= 11 is 0. The minimum absolute atomic E-state index is 0.389. The third-order valence-corrected chi connectivity index (χ3v) is 2.92. The highest BCUT2D eigenvalue weighted by atomic mass is 16.3. The topological polar surface area (TPSA) is 40.5 Å². The molecule has 0 spiro atoms. The third-order valence-electron chi connectivity index (χ3n) is 2.92. The summed E-state index contributed by atoms with van der Waals surface area (Å²) in [7, 11) is 0. The molecule has 0 aliphatic heterocycles. The Bertz CT molecular complexity index is 184. The first-order valence-corrected chi connectivity index (χ1v) is 4.49. The van der Waals surface area contributed by atoms with Gasteiger partial charge in [-0.2, -0.15) is 0 Å². The van der Waals surface area contributed by atoms with Gasteiger partial charge in [-0.3, -0.25) is 0 Å². The predicted molar refractivity (Wildman–Crippen MR) is 48.8 cm³/mol. The van der Waals surface area contributed by atoms with Crippen LogP contribution in [0.4, 0.5) is 0 Å². The molecule has 2 N–H and O–H groups in total. The normalized spacial score (nSPS) is 42.7. The Morgan fingerprint density at radius 3 is 2.58 bits per heavy atom. The summed E-state index contributed by atoms with van der Waals surface area (Å²) in [5, 5.41) is 19.2. The number of aliphatic hydroxyl groups is 2. The summed E-state index contributed by atoms with van der Waals surface area (Å²) in [5.41, 5.74) is 0.232. The van der Waals surface area contributed by atoms with E-state index in [4.69, 9.17) is 0 Å². The summed E-state index contributed by atoms with van der Waals surface area (Å²) in [6.45, 7) is 7.55. The van der Waals surface area contributed by atoms with Crippen LogP contribution in [0.1, 0.15) is 33.1 Å². The van der Waals surface area contributed by atoms with Gasteiger partial charge in [-0.15, -0.1) is 0 Å². The molecule has 12 heavy (non-hydrogen) atoms. The Kier molecular flexibility index (Phi) is 2.59. The van der Waals surface area contributed by atoms with E-state index in [2.05, 4.69) is 6.58 Å². The van der Waals surface area contributed by atoms with Crippen LogP contribution in [0.5, 0.6) is 0 Å². The molecule has 2 heteroatoms. The molecule has 3 atom stereocenters. The second-order valence-corrected chi connectivity index (χ2v) is 4.19. The van der Waals surface area contributed by atoms with Crippen molar-refractivity contribution in [3.63, 3.8) is 0 Å². The SMILES string of the molecule is C=C(C)[C@H]1CCC(C)(O)[C@@H](O)C1. The molecule has 1 aliphatic carbocycles. The van der Waals surface area contributed by atoms with E-state index in [0.717, 1.165) is 12.0 Å². The quantitative estimate of drug-likeness (QED) is 0.585. The van der Waals surface area contributed by atoms with Gasteiger partial charge in [0.25, 0.3) is 0 Å². The number of hydrogen-bond acceptors (Lipinski definition) is 2. The van der Waals surface area contributed by atoms with Gasteiger partial charge < -0.3 is 10.2 Å². The lowest BCUT2D eigenvalue weighted by Gasteiger charge is -2.38.